The second-order valence-electron chi connectivity index (χ2n) is 8.56. The van der Waals surface area contributed by atoms with Crippen LogP contribution in [0, 0.1) is 0 Å². The lowest BCUT2D eigenvalue weighted by atomic mass is 9.99. The van der Waals surface area contributed by atoms with Crippen LogP contribution in [-0.4, -0.2) is 61.7 Å². The largest absolute Gasteiger partial charge is 0.495 e. The molecule has 3 aromatic rings. The summed E-state index contributed by atoms with van der Waals surface area (Å²) in [5.41, 5.74) is 1.92. The molecule has 2 aliphatic rings. The first-order valence-corrected chi connectivity index (χ1v) is 11.6. The van der Waals surface area contributed by atoms with Crippen LogP contribution < -0.4 is 14.2 Å². The second-order valence-corrected chi connectivity index (χ2v) is 8.94. The number of carbonyl (C=O) groups is 1. The monoisotopic (exact) mass is 538 g/mol. The van der Waals surface area contributed by atoms with Crippen molar-refractivity contribution in [1.29, 1.82) is 0 Å². The van der Waals surface area contributed by atoms with E-state index in [1.807, 2.05) is 43.3 Å². The zero-order valence-electron chi connectivity index (χ0n) is 19.7. The van der Waals surface area contributed by atoms with Crippen molar-refractivity contribution in [1.82, 2.24) is 9.80 Å². The van der Waals surface area contributed by atoms with Gasteiger partial charge in [-0.1, -0.05) is 35.9 Å². The summed E-state index contributed by atoms with van der Waals surface area (Å²) in [7, 11) is 1.60. The Bertz CT molecular complexity index is 1200. The van der Waals surface area contributed by atoms with Crippen LogP contribution in [0.25, 0.3) is 10.8 Å². The van der Waals surface area contributed by atoms with E-state index in [0.29, 0.717) is 23.1 Å². The molecule has 0 radical (unpaired) electrons. The number of methoxy groups -OCH3 is 1. The molecule has 1 saturated heterocycles. The molecule has 2 heterocycles. The van der Waals surface area contributed by atoms with Crippen LogP contribution >= 0.6 is 36.4 Å². The maximum atomic E-state index is 13.2. The highest BCUT2D eigenvalue weighted by Crippen LogP contribution is 2.34. The van der Waals surface area contributed by atoms with Crippen LogP contribution in [0.1, 0.15) is 22.8 Å². The molecular weight excluding hydrogens is 511 g/mol. The Morgan fingerprint density at radius 3 is 2.49 bits per heavy atom. The maximum absolute atomic E-state index is 13.2. The van der Waals surface area contributed by atoms with Crippen molar-refractivity contribution in [2.45, 2.75) is 19.5 Å². The summed E-state index contributed by atoms with van der Waals surface area (Å²) in [5, 5.41) is 2.39. The lowest BCUT2D eigenvalue weighted by Gasteiger charge is -2.37. The van der Waals surface area contributed by atoms with E-state index in [1.54, 1.807) is 7.11 Å². The van der Waals surface area contributed by atoms with Gasteiger partial charge < -0.3 is 14.2 Å². The normalized spacial score (nSPS) is 16.3. The molecule has 0 spiro atoms. The van der Waals surface area contributed by atoms with Crippen molar-refractivity contribution in [3.05, 3.63) is 64.7 Å². The minimum absolute atomic E-state index is 0. The first kappa shape index (κ1) is 27.4. The van der Waals surface area contributed by atoms with E-state index in [1.165, 1.54) is 5.56 Å². The van der Waals surface area contributed by atoms with Gasteiger partial charge in [0, 0.05) is 43.7 Å². The second kappa shape index (κ2) is 11.7. The predicted molar refractivity (Wildman–Crippen MR) is 143 cm³/mol. The number of ketones is 1. The smallest absolute Gasteiger partial charge is 0.231 e. The molecule has 1 fully saturated rings. The molecule has 2 aliphatic heterocycles. The van der Waals surface area contributed by atoms with Gasteiger partial charge in [-0.25, -0.2) is 0 Å². The molecule has 0 aromatic heterocycles. The number of hydrogen-bond acceptors (Lipinski definition) is 6. The molecule has 0 N–H and O–H groups in total. The number of fused-ring (bicyclic) bond motifs is 2. The molecule has 0 bridgehead atoms. The highest BCUT2D eigenvalue weighted by Gasteiger charge is 2.27. The van der Waals surface area contributed by atoms with Crippen LogP contribution in [0.15, 0.2) is 48.5 Å². The first-order valence-electron chi connectivity index (χ1n) is 11.2. The molecule has 9 heteroatoms. The third-order valence-corrected chi connectivity index (χ3v) is 6.99. The minimum Gasteiger partial charge on any atom is -0.495 e. The van der Waals surface area contributed by atoms with Crippen molar-refractivity contribution in [3.8, 4) is 17.2 Å². The van der Waals surface area contributed by atoms with Gasteiger partial charge in [0.15, 0.2) is 17.3 Å². The lowest BCUT2D eigenvalue weighted by molar-refractivity contribution is 0.0687. The average molecular weight is 540 g/mol. The molecule has 1 unspecified atom stereocenters. The number of hydrogen-bond donors (Lipinski definition) is 0. The van der Waals surface area contributed by atoms with Gasteiger partial charge in [-0.15, -0.1) is 24.8 Å². The fourth-order valence-corrected chi connectivity index (χ4v) is 4.91. The highest BCUT2D eigenvalue weighted by molar-refractivity contribution is 6.37. The quantitative estimate of drug-likeness (QED) is 0.388. The standard InChI is InChI=1S/C26H27ClN2O4.2ClH/c1-17(26(30)20-4-6-21-19(14-20)5-8-23(31-2)25(21)27)29-11-9-28(10-12-29)15-18-3-7-22-24(13-18)33-16-32-22;;/h3-8,13-14,17H,9-12,15-16H2,1-2H3;2*1H. The SMILES string of the molecule is COc1ccc2cc(C(=O)C(C)N3CCN(Cc4ccc5c(c4)OCO5)CC3)ccc2c1Cl.Cl.Cl. The van der Waals surface area contributed by atoms with Crippen LogP contribution in [0.3, 0.4) is 0 Å². The number of Topliss-reactive ketones (excluding diaryl/α,β-unsaturated/α-hetero) is 1. The fourth-order valence-electron chi connectivity index (χ4n) is 4.60. The molecule has 0 aliphatic carbocycles. The summed E-state index contributed by atoms with van der Waals surface area (Å²) in [6.45, 7) is 6.70. The van der Waals surface area contributed by atoms with E-state index < -0.39 is 0 Å². The zero-order valence-corrected chi connectivity index (χ0v) is 22.0. The number of piperazine rings is 1. The van der Waals surface area contributed by atoms with Gasteiger partial charge in [0.2, 0.25) is 6.79 Å². The highest BCUT2D eigenvalue weighted by atomic mass is 35.5. The van der Waals surface area contributed by atoms with Crippen molar-refractivity contribution in [3.63, 3.8) is 0 Å². The van der Waals surface area contributed by atoms with E-state index in [0.717, 1.165) is 55.0 Å². The van der Waals surface area contributed by atoms with Gasteiger partial charge in [0.05, 0.1) is 18.2 Å². The molecule has 35 heavy (non-hydrogen) atoms. The minimum atomic E-state index is -0.177. The Hall–Kier alpha value is -2.22. The molecular formula is C26H29Cl3N2O4. The third kappa shape index (κ3) is 5.63. The Morgan fingerprint density at radius 1 is 1.00 bits per heavy atom. The zero-order chi connectivity index (χ0) is 22.9. The number of benzene rings is 3. The van der Waals surface area contributed by atoms with Gasteiger partial charge in [-0.3, -0.25) is 14.6 Å². The van der Waals surface area contributed by atoms with E-state index in [2.05, 4.69) is 21.9 Å². The summed E-state index contributed by atoms with van der Waals surface area (Å²) in [6.07, 6.45) is 0. The van der Waals surface area contributed by atoms with E-state index in [-0.39, 0.29) is 36.6 Å². The Kier molecular flexibility index (Phi) is 9.13. The van der Waals surface area contributed by atoms with Crippen LogP contribution in [0.2, 0.25) is 5.02 Å². The fraction of sp³-hybridized carbons (Fsp3) is 0.346. The summed E-state index contributed by atoms with van der Waals surface area (Å²) >= 11 is 6.42. The Balaban J connectivity index is 0.00000171. The Morgan fingerprint density at radius 2 is 1.74 bits per heavy atom. The summed E-state index contributed by atoms with van der Waals surface area (Å²) in [5.74, 6) is 2.40. The van der Waals surface area contributed by atoms with Gasteiger partial charge in [-0.05, 0) is 42.1 Å². The number of halogens is 3. The molecule has 0 saturated carbocycles. The topological polar surface area (TPSA) is 51.2 Å². The first-order chi connectivity index (χ1) is 16.0. The van der Waals surface area contributed by atoms with E-state index >= 15 is 0 Å². The average Bonchev–Trinajstić information content (AvgIpc) is 3.32. The molecule has 5 rings (SSSR count). The van der Waals surface area contributed by atoms with Crippen molar-refractivity contribution in [2.75, 3.05) is 40.1 Å². The molecule has 3 aromatic carbocycles. The van der Waals surface area contributed by atoms with Crippen molar-refractivity contribution >= 4 is 53.0 Å². The number of carbonyl (C=O) groups excluding carboxylic acids is 1. The summed E-state index contributed by atoms with van der Waals surface area (Å²) in [4.78, 5) is 17.9. The van der Waals surface area contributed by atoms with Crippen molar-refractivity contribution in [2.24, 2.45) is 0 Å². The predicted octanol–water partition coefficient (Wildman–Crippen LogP) is 5.46. The summed E-state index contributed by atoms with van der Waals surface area (Å²) in [6, 6.07) is 15.4. The Labute approximate surface area is 222 Å². The van der Waals surface area contributed by atoms with Crippen LogP contribution in [-0.2, 0) is 6.54 Å². The van der Waals surface area contributed by atoms with Crippen LogP contribution in [0.5, 0.6) is 17.2 Å². The maximum Gasteiger partial charge on any atom is 0.231 e. The molecule has 1 atom stereocenters. The summed E-state index contributed by atoms with van der Waals surface area (Å²) < 4.78 is 16.2. The van der Waals surface area contributed by atoms with E-state index in [9.17, 15) is 4.79 Å². The number of nitrogens with zero attached hydrogens (tertiary/aromatic N) is 2. The molecule has 188 valence electrons. The van der Waals surface area contributed by atoms with Gasteiger partial charge in [0.25, 0.3) is 0 Å². The molecule has 0 amide bonds. The number of rotatable bonds is 6. The van der Waals surface area contributed by atoms with Crippen LogP contribution in [0.4, 0.5) is 0 Å². The lowest BCUT2D eigenvalue weighted by Crippen LogP contribution is -2.51. The van der Waals surface area contributed by atoms with Crippen molar-refractivity contribution < 1.29 is 19.0 Å². The third-order valence-electron chi connectivity index (χ3n) is 6.60. The number of ether oxygens (including phenoxy) is 3. The molecule has 6 nitrogen and oxygen atoms in total. The van der Waals surface area contributed by atoms with Gasteiger partial charge in [-0.2, -0.15) is 0 Å². The van der Waals surface area contributed by atoms with E-state index in [4.69, 9.17) is 25.8 Å². The van der Waals surface area contributed by atoms with Gasteiger partial charge in [0.1, 0.15) is 5.75 Å². The van der Waals surface area contributed by atoms with Gasteiger partial charge >= 0.3 is 0 Å².